The highest BCUT2D eigenvalue weighted by Crippen LogP contribution is 2.31. The summed E-state index contributed by atoms with van der Waals surface area (Å²) in [5.74, 6) is 1.26. The summed E-state index contributed by atoms with van der Waals surface area (Å²) >= 11 is 0. The van der Waals surface area contributed by atoms with Crippen molar-refractivity contribution in [3.63, 3.8) is 0 Å². The predicted molar refractivity (Wildman–Crippen MR) is 64.6 cm³/mol. The molecule has 2 rings (SSSR count). The Labute approximate surface area is 107 Å². The number of nitrogens with zero attached hydrogens (tertiary/aromatic N) is 3. The number of hydrogen-bond donors (Lipinski definition) is 0. The molecule has 1 aliphatic heterocycles. The topological polar surface area (TPSA) is 71.9 Å². The van der Waals surface area contributed by atoms with E-state index < -0.39 is 0 Å². The van der Waals surface area contributed by atoms with Gasteiger partial charge < -0.3 is 9.26 Å². The van der Waals surface area contributed by atoms with Crippen molar-refractivity contribution in [1.29, 1.82) is 5.26 Å². The third kappa shape index (κ3) is 2.88. The molecule has 0 bridgehead atoms. The van der Waals surface area contributed by atoms with Crippen molar-refractivity contribution in [3.8, 4) is 6.07 Å². The third-order valence-corrected chi connectivity index (χ3v) is 3.64. The highest BCUT2D eigenvalue weighted by atomic mass is 16.5. The SMILES string of the molecule is CCC(C)(CC#N)Cc1nc(C2CCCO2)no1. The Kier molecular flexibility index (Phi) is 3.97. The lowest BCUT2D eigenvalue weighted by molar-refractivity contribution is 0.103. The van der Waals surface area contributed by atoms with Crippen molar-refractivity contribution >= 4 is 0 Å². The highest BCUT2D eigenvalue weighted by molar-refractivity contribution is 4.97. The lowest BCUT2D eigenvalue weighted by Gasteiger charge is -2.22. The number of rotatable bonds is 5. The first-order valence-electron chi connectivity index (χ1n) is 6.48. The van der Waals surface area contributed by atoms with Crippen molar-refractivity contribution in [2.75, 3.05) is 6.61 Å². The molecule has 1 aromatic heterocycles. The second-order valence-electron chi connectivity index (χ2n) is 5.22. The second-order valence-corrected chi connectivity index (χ2v) is 5.22. The Morgan fingerprint density at radius 2 is 2.39 bits per heavy atom. The summed E-state index contributed by atoms with van der Waals surface area (Å²) in [5, 5.41) is 12.8. The molecule has 1 aromatic rings. The molecule has 1 saturated heterocycles. The number of ether oxygens (including phenoxy) is 1. The average molecular weight is 249 g/mol. The van der Waals surface area contributed by atoms with E-state index in [-0.39, 0.29) is 11.5 Å². The molecule has 98 valence electrons. The van der Waals surface area contributed by atoms with Crippen LogP contribution in [0, 0.1) is 16.7 Å². The van der Waals surface area contributed by atoms with E-state index in [1.165, 1.54) is 0 Å². The van der Waals surface area contributed by atoms with Gasteiger partial charge in [0.05, 0.1) is 6.07 Å². The van der Waals surface area contributed by atoms with E-state index in [4.69, 9.17) is 14.5 Å². The zero-order chi connectivity index (χ0) is 13.0. The molecule has 0 N–H and O–H groups in total. The predicted octanol–water partition coefficient (Wildman–Crippen LogP) is 2.79. The molecule has 0 aliphatic carbocycles. The number of nitriles is 1. The fourth-order valence-electron chi connectivity index (χ4n) is 2.12. The minimum Gasteiger partial charge on any atom is -0.370 e. The van der Waals surface area contributed by atoms with Gasteiger partial charge in [0.25, 0.3) is 0 Å². The maximum atomic E-state index is 8.85. The van der Waals surface area contributed by atoms with E-state index in [2.05, 4.69) is 30.1 Å². The van der Waals surface area contributed by atoms with Gasteiger partial charge in [0.15, 0.2) is 0 Å². The average Bonchev–Trinajstić information content (AvgIpc) is 2.99. The van der Waals surface area contributed by atoms with E-state index in [0.717, 1.165) is 25.9 Å². The molecule has 2 heterocycles. The summed E-state index contributed by atoms with van der Waals surface area (Å²) in [5.41, 5.74) is -0.0882. The van der Waals surface area contributed by atoms with Gasteiger partial charge in [-0.3, -0.25) is 0 Å². The Morgan fingerprint density at radius 1 is 1.56 bits per heavy atom. The zero-order valence-corrected chi connectivity index (χ0v) is 11.0. The van der Waals surface area contributed by atoms with E-state index in [1.54, 1.807) is 0 Å². The monoisotopic (exact) mass is 249 g/mol. The molecule has 1 aliphatic rings. The molecule has 18 heavy (non-hydrogen) atoms. The summed E-state index contributed by atoms with van der Waals surface area (Å²) < 4.78 is 10.8. The molecule has 0 amide bonds. The van der Waals surface area contributed by atoms with Crippen LogP contribution in [-0.2, 0) is 11.2 Å². The van der Waals surface area contributed by atoms with Crippen LogP contribution in [0.15, 0.2) is 4.52 Å². The molecule has 0 radical (unpaired) electrons. The van der Waals surface area contributed by atoms with Crippen LogP contribution < -0.4 is 0 Å². The van der Waals surface area contributed by atoms with E-state index in [9.17, 15) is 0 Å². The summed E-state index contributed by atoms with van der Waals surface area (Å²) in [6, 6.07) is 2.23. The van der Waals surface area contributed by atoms with Gasteiger partial charge in [-0.15, -0.1) is 0 Å². The quantitative estimate of drug-likeness (QED) is 0.802. The van der Waals surface area contributed by atoms with Gasteiger partial charge in [0, 0.05) is 19.4 Å². The fourth-order valence-corrected chi connectivity index (χ4v) is 2.12. The van der Waals surface area contributed by atoms with Crippen LogP contribution in [0.25, 0.3) is 0 Å². The first-order valence-corrected chi connectivity index (χ1v) is 6.48. The van der Waals surface area contributed by atoms with Crippen LogP contribution in [0.5, 0.6) is 0 Å². The van der Waals surface area contributed by atoms with Crippen LogP contribution in [0.3, 0.4) is 0 Å². The van der Waals surface area contributed by atoms with Crippen LogP contribution in [0.2, 0.25) is 0 Å². The normalized spacial score (nSPS) is 22.6. The Balaban J connectivity index is 2.03. The van der Waals surface area contributed by atoms with Crippen LogP contribution in [0.1, 0.15) is 57.3 Å². The lowest BCUT2D eigenvalue weighted by atomic mass is 9.81. The van der Waals surface area contributed by atoms with Crippen LogP contribution >= 0.6 is 0 Å². The maximum Gasteiger partial charge on any atom is 0.227 e. The maximum absolute atomic E-state index is 8.85. The Bertz CT molecular complexity index is 432. The molecular weight excluding hydrogens is 230 g/mol. The molecule has 2 unspecified atom stereocenters. The highest BCUT2D eigenvalue weighted by Gasteiger charge is 2.28. The van der Waals surface area contributed by atoms with Gasteiger partial charge in [-0.1, -0.05) is 19.0 Å². The van der Waals surface area contributed by atoms with Crippen molar-refractivity contribution in [2.45, 2.75) is 52.1 Å². The van der Waals surface area contributed by atoms with E-state index >= 15 is 0 Å². The molecule has 2 atom stereocenters. The molecule has 0 aromatic carbocycles. The largest absolute Gasteiger partial charge is 0.370 e. The Hall–Kier alpha value is -1.41. The Morgan fingerprint density at radius 3 is 3.00 bits per heavy atom. The molecule has 0 spiro atoms. The van der Waals surface area contributed by atoms with Gasteiger partial charge in [0.1, 0.15) is 6.10 Å². The zero-order valence-electron chi connectivity index (χ0n) is 11.0. The molecule has 1 fully saturated rings. The first kappa shape index (κ1) is 13.0. The molecular formula is C13H19N3O2. The van der Waals surface area contributed by atoms with E-state index in [0.29, 0.717) is 24.6 Å². The van der Waals surface area contributed by atoms with Crippen molar-refractivity contribution in [3.05, 3.63) is 11.7 Å². The smallest absolute Gasteiger partial charge is 0.227 e. The molecule has 5 heteroatoms. The number of hydrogen-bond acceptors (Lipinski definition) is 5. The summed E-state index contributed by atoms with van der Waals surface area (Å²) in [6.07, 6.45) is 4.07. The molecule has 0 saturated carbocycles. The van der Waals surface area contributed by atoms with Crippen molar-refractivity contribution in [1.82, 2.24) is 10.1 Å². The van der Waals surface area contributed by atoms with Crippen LogP contribution in [0.4, 0.5) is 0 Å². The lowest BCUT2D eigenvalue weighted by Crippen LogP contribution is -2.18. The second kappa shape index (κ2) is 5.49. The van der Waals surface area contributed by atoms with Gasteiger partial charge in [0.2, 0.25) is 11.7 Å². The van der Waals surface area contributed by atoms with Crippen LogP contribution in [-0.4, -0.2) is 16.7 Å². The molecule has 5 nitrogen and oxygen atoms in total. The van der Waals surface area contributed by atoms with Crippen molar-refractivity contribution < 1.29 is 9.26 Å². The summed E-state index contributed by atoms with van der Waals surface area (Å²) in [4.78, 5) is 4.40. The van der Waals surface area contributed by atoms with Gasteiger partial charge >= 0.3 is 0 Å². The minimum absolute atomic E-state index is 0.00801. The summed E-state index contributed by atoms with van der Waals surface area (Å²) in [6.45, 7) is 4.93. The number of aromatic nitrogens is 2. The van der Waals surface area contributed by atoms with E-state index in [1.807, 2.05) is 0 Å². The van der Waals surface area contributed by atoms with Gasteiger partial charge in [-0.25, -0.2) is 0 Å². The first-order chi connectivity index (χ1) is 8.67. The fraction of sp³-hybridized carbons (Fsp3) is 0.769. The van der Waals surface area contributed by atoms with Gasteiger partial charge in [-0.05, 0) is 24.7 Å². The third-order valence-electron chi connectivity index (χ3n) is 3.64. The van der Waals surface area contributed by atoms with Crippen molar-refractivity contribution in [2.24, 2.45) is 5.41 Å². The van der Waals surface area contributed by atoms with Gasteiger partial charge in [-0.2, -0.15) is 10.2 Å². The standard InChI is InChI=1S/C13H19N3O2/c1-3-13(2,6-7-14)9-11-15-12(16-18-11)10-5-4-8-17-10/h10H,3-6,8-9H2,1-2H3. The summed E-state index contributed by atoms with van der Waals surface area (Å²) in [7, 11) is 0. The minimum atomic E-state index is -0.0882.